The summed E-state index contributed by atoms with van der Waals surface area (Å²) in [4.78, 5) is 15.6. The van der Waals surface area contributed by atoms with Gasteiger partial charge in [0.1, 0.15) is 5.75 Å². The summed E-state index contributed by atoms with van der Waals surface area (Å²) < 4.78 is 22.8. The number of halogens is 2. The Labute approximate surface area is 220 Å². The van der Waals surface area contributed by atoms with Crippen LogP contribution >= 0.6 is 24.8 Å². The molecule has 3 N–H and O–H groups in total. The molecule has 0 aliphatic carbocycles. The van der Waals surface area contributed by atoms with Crippen LogP contribution in [0.4, 0.5) is 0 Å². The summed E-state index contributed by atoms with van der Waals surface area (Å²) in [7, 11) is 4.54. The van der Waals surface area contributed by atoms with Crippen LogP contribution in [-0.2, 0) is 6.42 Å². The summed E-state index contributed by atoms with van der Waals surface area (Å²) in [6.45, 7) is 5.57. The van der Waals surface area contributed by atoms with Crippen molar-refractivity contribution in [1.29, 1.82) is 0 Å². The standard InChI is InChI=1S/C25H35N3O5.2ClH/c1-5-28-14-6-7-18(16-28)27-25(29)20-15-21(23(31-3)24(32-4)22(20)30-2)33-19-10-8-17(9-11-19)12-13-26;;/h8-11,15,18H,5-7,12-14,16,26H2,1-4H3,(H,27,29);2*1H. The minimum atomic E-state index is -0.237. The molecule has 1 heterocycles. The lowest BCUT2D eigenvalue weighted by atomic mass is 10.0. The zero-order chi connectivity index (χ0) is 23.8. The zero-order valence-corrected chi connectivity index (χ0v) is 22.4. The van der Waals surface area contributed by atoms with E-state index in [2.05, 4.69) is 17.1 Å². The number of piperidine rings is 1. The first-order valence-corrected chi connectivity index (χ1v) is 11.4. The van der Waals surface area contributed by atoms with Crippen LogP contribution < -0.4 is 30.0 Å². The van der Waals surface area contributed by atoms with Crippen molar-refractivity contribution in [2.24, 2.45) is 5.73 Å². The molecule has 0 radical (unpaired) electrons. The van der Waals surface area contributed by atoms with Crippen molar-refractivity contribution in [3.8, 4) is 28.7 Å². The Balaban J connectivity index is 0.00000306. The van der Waals surface area contributed by atoms with E-state index in [4.69, 9.17) is 24.7 Å². The molecule has 1 aliphatic rings. The largest absolute Gasteiger partial charge is 0.492 e. The molecular formula is C25H37Cl2N3O5. The van der Waals surface area contributed by atoms with Gasteiger partial charge in [0.05, 0.1) is 26.9 Å². The van der Waals surface area contributed by atoms with Gasteiger partial charge in [0, 0.05) is 18.7 Å². The molecular weight excluding hydrogens is 493 g/mol. The van der Waals surface area contributed by atoms with E-state index in [1.54, 1.807) is 6.07 Å². The summed E-state index contributed by atoms with van der Waals surface area (Å²) >= 11 is 0. The van der Waals surface area contributed by atoms with E-state index in [-0.39, 0.29) is 36.8 Å². The number of carbonyl (C=O) groups is 1. The Morgan fingerprint density at radius 3 is 2.29 bits per heavy atom. The third-order valence-electron chi connectivity index (χ3n) is 5.89. The van der Waals surface area contributed by atoms with Crippen LogP contribution in [0.3, 0.4) is 0 Å². The molecule has 1 atom stereocenters. The number of ether oxygens (including phenoxy) is 4. The highest BCUT2D eigenvalue weighted by atomic mass is 35.5. The number of hydrogen-bond donors (Lipinski definition) is 2. The van der Waals surface area contributed by atoms with Crippen molar-refractivity contribution in [3.05, 3.63) is 41.5 Å². The minimum Gasteiger partial charge on any atom is -0.492 e. The van der Waals surface area contributed by atoms with Crippen molar-refractivity contribution >= 4 is 30.7 Å². The lowest BCUT2D eigenvalue weighted by molar-refractivity contribution is 0.0901. The Morgan fingerprint density at radius 2 is 1.71 bits per heavy atom. The fourth-order valence-electron chi connectivity index (χ4n) is 4.17. The molecule has 1 saturated heterocycles. The van der Waals surface area contributed by atoms with E-state index in [9.17, 15) is 4.79 Å². The monoisotopic (exact) mass is 529 g/mol. The lowest BCUT2D eigenvalue weighted by Crippen LogP contribution is -2.47. The van der Waals surface area contributed by atoms with Crippen LogP contribution in [0.25, 0.3) is 0 Å². The van der Waals surface area contributed by atoms with Gasteiger partial charge in [0.15, 0.2) is 11.5 Å². The van der Waals surface area contributed by atoms with E-state index < -0.39 is 0 Å². The Kier molecular flexibility index (Phi) is 13.0. The molecule has 2 aromatic rings. The number of likely N-dealkylation sites (tertiary alicyclic amines) is 1. The summed E-state index contributed by atoms with van der Waals surface area (Å²) in [6.07, 6.45) is 2.79. The third-order valence-corrected chi connectivity index (χ3v) is 5.89. The van der Waals surface area contributed by atoms with Gasteiger partial charge in [-0.05, 0) is 56.6 Å². The third kappa shape index (κ3) is 7.54. The molecule has 0 aromatic heterocycles. The van der Waals surface area contributed by atoms with Crippen molar-refractivity contribution in [1.82, 2.24) is 10.2 Å². The van der Waals surface area contributed by atoms with Crippen molar-refractivity contribution < 1.29 is 23.7 Å². The summed E-state index contributed by atoms with van der Waals surface area (Å²) in [5.41, 5.74) is 7.09. The second kappa shape index (κ2) is 14.9. The maximum atomic E-state index is 13.3. The second-order valence-electron chi connectivity index (χ2n) is 8.01. The van der Waals surface area contributed by atoms with Gasteiger partial charge < -0.3 is 34.9 Å². The smallest absolute Gasteiger partial charge is 0.255 e. The SMILES string of the molecule is CCN1CCCC(NC(=O)c2cc(Oc3ccc(CCN)cc3)c(OC)c(OC)c2OC)C1.Cl.Cl. The highest BCUT2D eigenvalue weighted by Crippen LogP contribution is 2.48. The van der Waals surface area contributed by atoms with E-state index in [0.29, 0.717) is 40.9 Å². The molecule has 1 aliphatic heterocycles. The quantitative estimate of drug-likeness (QED) is 0.478. The highest BCUT2D eigenvalue weighted by Gasteiger charge is 2.28. The molecule has 3 rings (SSSR count). The van der Waals surface area contributed by atoms with Crippen molar-refractivity contribution in [2.45, 2.75) is 32.2 Å². The van der Waals surface area contributed by atoms with Crippen LogP contribution in [0.2, 0.25) is 0 Å². The molecule has 1 unspecified atom stereocenters. The number of nitrogens with one attached hydrogen (secondary N) is 1. The summed E-state index contributed by atoms with van der Waals surface area (Å²) in [5.74, 6) is 1.71. The van der Waals surface area contributed by atoms with Crippen LogP contribution in [0, 0.1) is 0 Å². The molecule has 1 fully saturated rings. The Hall–Kier alpha value is -2.39. The molecule has 8 nitrogen and oxygen atoms in total. The fraction of sp³-hybridized carbons (Fsp3) is 0.480. The zero-order valence-electron chi connectivity index (χ0n) is 20.8. The maximum absolute atomic E-state index is 13.3. The maximum Gasteiger partial charge on any atom is 0.255 e. The van der Waals surface area contributed by atoms with Crippen molar-refractivity contribution in [3.63, 3.8) is 0 Å². The van der Waals surface area contributed by atoms with Gasteiger partial charge in [-0.15, -0.1) is 24.8 Å². The molecule has 2 aromatic carbocycles. The summed E-state index contributed by atoms with van der Waals surface area (Å²) in [5, 5.41) is 3.15. The number of carbonyl (C=O) groups excluding carboxylic acids is 1. The fourth-order valence-corrected chi connectivity index (χ4v) is 4.17. The Bertz CT molecular complexity index is 944. The first-order chi connectivity index (χ1) is 16.0. The number of amides is 1. The van der Waals surface area contributed by atoms with Crippen LogP contribution in [0.1, 0.15) is 35.7 Å². The number of nitrogens with zero attached hydrogens (tertiary/aromatic N) is 1. The summed E-state index contributed by atoms with van der Waals surface area (Å²) in [6, 6.07) is 9.37. The van der Waals surface area contributed by atoms with Crippen LogP contribution in [-0.4, -0.2) is 64.4 Å². The average molecular weight is 530 g/mol. The number of likely N-dealkylation sites (N-methyl/N-ethyl adjacent to an activating group) is 1. The molecule has 196 valence electrons. The topological polar surface area (TPSA) is 95.3 Å². The predicted octanol–water partition coefficient (Wildman–Crippen LogP) is 4.06. The molecule has 0 bridgehead atoms. The predicted molar refractivity (Wildman–Crippen MR) is 142 cm³/mol. The van der Waals surface area contributed by atoms with Gasteiger partial charge in [-0.2, -0.15) is 0 Å². The number of rotatable bonds is 10. The van der Waals surface area contributed by atoms with Gasteiger partial charge in [0.25, 0.3) is 5.91 Å². The molecule has 35 heavy (non-hydrogen) atoms. The second-order valence-corrected chi connectivity index (χ2v) is 8.01. The molecule has 0 saturated carbocycles. The van der Waals surface area contributed by atoms with Gasteiger partial charge in [0.2, 0.25) is 11.5 Å². The van der Waals surface area contributed by atoms with Gasteiger partial charge >= 0.3 is 0 Å². The number of nitrogens with two attached hydrogens (primary N) is 1. The molecule has 1 amide bonds. The number of methoxy groups -OCH3 is 3. The van der Waals surface area contributed by atoms with Crippen LogP contribution in [0.15, 0.2) is 30.3 Å². The van der Waals surface area contributed by atoms with E-state index in [0.717, 1.165) is 44.5 Å². The Morgan fingerprint density at radius 1 is 1.06 bits per heavy atom. The van der Waals surface area contributed by atoms with Crippen molar-refractivity contribution in [2.75, 3.05) is 47.5 Å². The lowest BCUT2D eigenvalue weighted by Gasteiger charge is -2.32. The first kappa shape index (κ1) is 30.6. The number of hydrogen-bond acceptors (Lipinski definition) is 7. The highest BCUT2D eigenvalue weighted by molar-refractivity contribution is 5.99. The van der Waals surface area contributed by atoms with Crippen LogP contribution in [0.5, 0.6) is 28.7 Å². The van der Waals surface area contributed by atoms with Gasteiger partial charge in [-0.25, -0.2) is 0 Å². The minimum absolute atomic E-state index is 0. The average Bonchev–Trinajstić information content (AvgIpc) is 2.84. The van der Waals surface area contributed by atoms with Gasteiger partial charge in [-0.3, -0.25) is 4.79 Å². The van der Waals surface area contributed by atoms with E-state index >= 15 is 0 Å². The molecule has 0 spiro atoms. The van der Waals surface area contributed by atoms with E-state index in [1.165, 1.54) is 21.3 Å². The van der Waals surface area contributed by atoms with E-state index in [1.807, 2.05) is 24.3 Å². The first-order valence-electron chi connectivity index (χ1n) is 11.4. The molecule has 10 heteroatoms. The number of benzene rings is 2. The normalized spacial score (nSPS) is 15.3. The van der Waals surface area contributed by atoms with Gasteiger partial charge in [-0.1, -0.05) is 19.1 Å².